The quantitative estimate of drug-likeness (QED) is 0.806. The van der Waals surface area contributed by atoms with Crippen molar-refractivity contribution >= 4 is 11.6 Å². The minimum Gasteiger partial charge on any atom is -0.396 e. The Hall–Kier alpha value is -1.55. The molecule has 1 aromatic carbocycles. The second-order valence-corrected chi connectivity index (χ2v) is 5.50. The van der Waals surface area contributed by atoms with E-state index in [2.05, 4.69) is 19.2 Å². The molecule has 0 fully saturated rings. The number of nitrogens with one attached hydrogen (secondary N) is 1. The molecule has 0 aromatic heterocycles. The fraction of sp³-hybridized carbons (Fsp3) is 0.562. The number of hydrogen-bond acceptors (Lipinski definition) is 3. The maximum Gasteiger partial charge on any atom is 0.253 e. The molecule has 1 aromatic rings. The van der Waals surface area contributed by atoms with Crippen molar-refractivity contribution in [2.24, 2.45) is 5.41 Å². The van der Waals surface area contributed by atoms with Crippen LogP contribution in [0.15, 0.2) is 24.3 Å². The average molecular weight is 278 g/mol. The number of nitrogens with zero attached hydrogens (tertiary/aromatic N) is 1. The van der Waals surface area contributed by atoms with Gasteiger partial charge in [0.05, 0.1) is 6.61 Å². The van der Waals surface area contributed by atoms with E-state index in [1.807, 2.05) is 24.3 Å². The van der Waals surface area contributed by atoms with Crippen molar-refractivity contribution in [2.45, 2.75) is 26.7 Å². The molecule has 0 aliphatic carbocycles. The first-order valence-corrected chi connectivity index (χ1v) is 7.14. The third-order valence-corrected chi connectivity index (χ3v) is 4.04. The molecule has 0 unspecified atom stereocenters. The van der Waals surface area contributed by atoms with Gasteiger partial charge in [0, 0.05) is 37.3 Å². The largest absolute Gasteiger partial charge is 0.396 e. The number of amides is 1. The molecule has 0 spiro atoms. The van der Waals surface area contributed by atoms with Gasteiger partial charge in [-0.1, -0.05) is 13.8 Å². The van der Waals surface area contributed by atoms with Crippen molar-refractivity contribution in [3.8, 4) is 0 Å². The lowest BCUT2D eigenvalue weighted by molar-refractivity contribution is 0.0827. The second kappa shape index (κ2) is 7.29. The van der Waals surface area contributed by atoms with Gasteiger partial charge in [0.1, 0.15) is 0 Å². The standard InChI is InChI=1S/C16H26N2O2/c1-5-16(6-2,12-19)11-17-14-9-7-13(8-10-14)15(20)18(3)4/h7-10,17,19H,5-6,11-12H2,1-4H3. The van der Waals surface area contributed by atoms with Crippen molar-refractivity contribution in [3.63, 3.8) is 0 Å². The van der Waals surface area contributed by atoms with E-state index in [9.17, 15) is 9.90 Å². The van der Waals surface area contributed by atoms with Gasteiger partial charge in [0.25, 0.3) is 5.91 Å². The van der Waals surface area contributed by atoms with E-state index < -0.39 is 0 Å². The summed E-state index contributed by atoms with van der Waals surface area (Å²) in [6.45, 7) is 5.11. The van der Waals surface area contributed by atoms with E-state index in [0.29, 0.717) is 5.56 Å². The molecule has 0 radical (unpaired) electrons. The Balaban J connectivity index is 2.69. The van der Waals surface area contributed by atoms with Gasteiger partial charge in [0.2, 0.25) is 0 Å². The summed E-state index contributed by atoms with van der Waals surface area (Å²) in [5, 5.41) is 12.9. The highest BCUT2D eigenvalue weighted by molar-refractivity contribution is 5.94. The molecule has 0 saturated carbocycles. The van der Waals surface area contributed by atoms with Gasteiger partial charge in [-0.15, -0.1) is 0 Å². The van der Waals surface area contributed by atoms with Crippen molar-refractivity contribution < 1.29 is 9.90 Å². The van der Waals surface area contributed by atoms with E-state index in [-0.39, 0.29) is 17.9 Å². The van der Waals surface area contributed by atoms with Crippen LogP contribution in [0.2, 0.25) is 0 Å². The van der Waals surface area contributed by atoms with Crippen LogP contribution in [0.3, 0.4) is 0 Å². The predicted molar refractivity (Wildman–Crippen MR) is 83.1 cm³/mol. The molecule has 4 heteroatoms. The lowest BCUT2D eigenvalue weighted by Crippen LogP contribution is -2.32. The minimum atomic E-state index is -0.0713. The van der Waals surface area contributed by atoms with Crippen LogP contribution in [-0.2, 0) is 0 Å². The number of hydrogen-bond donors (Lipinski definition) is 2. The zero-order chi connectivity index (χ0) is 15.2. The Morgan fingerprint density at radius 1 is 1.20 bits per heavy atom. The Bertz CT molecular complexity index is 414. The highest BCUT2D eigenvalue weighted by Gasteiger charge is 2.24. The van der Waals surface area contributed by atoms with Crippen LogP contribution in [0.5, 0.6) is 0 Å². The van der Waals surface area contributed by atoms with Crippen LogP contribution < -0.4 is 5.32 Å². The van der Waals surface area contributed by atoms with Gasteiger partial charge in [-0.2, -0.15) is 0 Å². The first-order chi connectivity index (χ1) is 9.48. The summed E-state index contributed by atoms with van der Waals surface area (Å²) in [5.41, 5.74) is 1.58. The molecule has 0 atom stereocenters. The molecule has 4 nitrogen and oxygen atoms in total. The Morgan fingerprint density at radius 3 is 2.15 bits per heavy atom. The molecule has 20 heavy (non-hydrogen) atoms. The number of benzene rings is 1. The highest BCUT2D eigenvalue weighted by Crippen LogP contribution is 2.26. The molecular formula is C16H26N2O2. The third kappa shape index (κ3) is 3.97. The lowest BCUT2D eigenvalue weighted by atomic mass is 9.83. The van der Waals surface area contributed by atoms with Crippen LogP contribution in [0.25, 0.3) is 0 Å². The SMILES string of the molecule is CCC(CC)(CO)CNc1ccc(C(=O)N(C)C)cc1. The van der Waals surface area contributed by atoms with Crippen molar-refractivity contribution in [3.05, 3.63) is 29.8 Å². The smallest absolute Gasteiger partial charge is 0.253 e. The van der Waals surface area contributed by atoms with Crippen LogP contribution in [0, 0.1) is 5.41 Å². The first kappa shape index (κ1) is 16.5. The van der Waals surface area contributed by atoms with E-state index >= 15 is 0 Å². The monoisotopic (exact) mass is 278 g/mol. The van der Waals surface area contributed by atoms with Crippen LogP contribution in [-0.4, -0.2) is 43.2 Å². The zero-order valence-electron chi connectivity index (χ0n) is 12.9. The molecule has 0 heterocycles. The number of aliphatic hydroxyl groups excluding tert-OH is 1. The highest BCUT2D eigenvalue weighted by atomic mass is 16.3. The molecule has 0 bridgehead atoms. The Morgan fingerprint density at radius 2 is 1.75 bits per heavy atom. The van der Waals surface area contributed by atoms with Crippen LogP contribution in [0.4, 0.5) is 5.69 Å². The van der Waals surface area contributed by atoms with E-state index in [1.54, 1.807) is 19.0 Å². The van der Waals surface area contributed by atoms with Gasteiger partial charge in [-0.3, -0.25) is 4.79 Å². The lowest BCUT2D eigenvalue weighted by Gasteiger charge is -2.30. The maximum absolute atomic E-state index is 11.8. The molecule has 0 aliphatic heterocycles. The summed E-state index contributed by atoms with van der Waals surface area (Å²) >= 11 is 0. The summed E-state index contributed by atoms with van der Waals surface area (Å²) in [7, 11) is 3.49. The number of carbonyl (C=O) groups excluding carboxylic acids is 1. The second-order valence-electron chi connectivity index (χ2n) is 5.50. The zero-order valence-corrected chi connectivity index (χ0v) is 12.9. The molecule has 1 amide bonds. The molecule has 1 rings (SSSR count). The summed E-state index contributed by atoms with van der Waals surface area (Å²) < 4.78 is 0. The van der Waals surface area contributed by atoms with Gasteiger partial charge >= 0.3 is 0 Å². The molecule has 0 aliphatic rings. The molecule has 112 valence electrons. The fourth-order valence-corrected chi connectivity index (χ4v) is 2.06. The Kier molecular flexibility index (Phi) is 6.02. The number of aliphatic hydroxyl groups is 1. The maximum atomic E-state index is 11.8. The van der Waals surface area contributed by atoms with E-state index in [0.717, 1.165) is 25.1 Å². The summed E-state index contributed by atoms with van der Waals surface area (Å²) in [4.78, 5) is 13.3. The molecule has 2 N–H and O–H groups in total. The van der Waals surface area contributed by atoms with Crippen LogP contribution >= 0.6 is 0 Å². The normalized spacial score (nSPS) is 11.2. The van der Waals surface area contributed by atoms with Gasteiger partial charge in [-0.25, -0.2) is 0 Å². The number of anilines is 1. The third-order valence-electron chi connectivity index (χ3n) is 4.04. The topological polar surface area (TPSA) is 52.6 Å². The summed E-state index contributed by atoms with van der Waals surface area (Å²) in [6, 6.07) is 7.46. The van der Waals surface area contributed by atoms with E-state index in [4.69, 9.17) is 0 Å². The average Bonchev–Trinajstić information content (AvgIpc) is 2.49. The molecular weight excluding hydrogens is 252 g/mol. The molecule has 0 saturated heterocycles. The van der Waals surface area contributed by atoms with Crippen molar-refractivity contribution in [1.29, 1.82) is 0 Å². The predicted octanol–water partition coefficient (Wildman–Crippen LogP) is 2.60. The van der Waals surface area contributed by atoms with Crippen molar-refractivity contribution in [2.75, 3.05) is 32.6 Å². The van der Waals surface area contributed by atoms with Gasteiger partial charge in [0.15, 0.2) is 0 Å². The fourth-order valence-electron chi connectivity index (χ4n) is 2.06. The summed E-state index contributed by atoms with van der Waals surface area (Å²) in [5.74, 6) is 0.00312. The van der Waals surface area contributed by atoms with E-state index in [1.165, 1.54) is 0 Å². The number of rotatable bonds is 7. The van der Waals surface area contributed by atoms with Crippen molar-refractivity contribution in [1.82, 2.24) is 4.90 Å². The minimum absolute atomic E-state index is 0.00312. The van der Waals surface area contributed by atoms with Gasteiger partial charge in [-0.05, 0) is 37.1 Å². The Labute approximate surface area is 121 Å². The first-order valence-electron chi connectivity index (χ1n) is 7.14. The summed E-state index contributed by atoms with van der Waals surface area (Å²) in [6.07, 6.45) is 1.87. The number of carbonyl (C=O) groups is 1. The van der Waals surface area contributed by atoms with Crippen LogP contribution in [0.1, 0.15) is 37.0 Å². The van der Waals surface area contributed by atoms with Gasteiger partial charge < -0.3 is 15.3 Å².